The van der Waals surface area contributed by atoms with Crippen LogP contribution in [0.3, 0.4) is 0 Å². The number of carbonyl (C=O) groups is 1. The molecule has 1 N–H and O–H groups in total. The van der Waals surface area contributed by atoms with Gasteiger partial charge in [-0.15, -0.1) is 0 Å². The van der Waals surface area contributed by atoms with E-state index in [9.17, 15) is 4.79 Å². The first-order valence-electron chi connectivity index (χ1n) is 11.8. The first-order chi connectivity index (χ1) is 15.3. The molecular formula is C24H34N6O. The van der Waals surface area contributed by atoms with Crippen LogP contribution in [-0.2, 0) is 24.2 Å². The number of aryl methyl sites for hydroxylation is 1. The molecule has 0 bridgehead atoms. The second kappa shape index (κ2) is 9.40. The van der Waals surface area contributed by atoms with Crippen LogP contribution in [-0.4, -0.2) is 89.7 Å². The number of anilines is 1. The van der Waals surface area contributed by atoms with Crippen LogP contribution < -0.4 is 4.90 Å². The molecular weight excluding hydrogens is 388 g/mol. The van der Waals surface area contributed by atoms with Crippen molar-refractivity contribution >= 4 is 11.6 Å². The van der Waals surface area contributed by atoms with Gasteiger partial charge in [-0.25, -0.2) is 0 Å². The van der Waals surface area contributed by atoms with Gasteiger partial charge in [0.2, 0.25) is 5.91 Å². The zero-order valence-corrected chi connectivity index (χ0v) is 18.4. The molecule has 0 atom stereocenters. The summed E-state index contributed by atoms with van der Waals surface area (Å²) in [5.74, 6) is 0.280. The highest BCUT2D eigenvalue weighted by Gasteiger charge is 2.26. The molecule has 2 fully saturated rings. The number of carbonyl (C=O) groups excluding carboxylic acids is 1. The van der Waals surface area contributed by atoms with E-state index in [4.69, 9.17) is 0 Å². The Morgan fingerprint density at radius 1 is 0.871 bits per heavy atom. The number of piperazine rings is 2. The fourth-order valence-electron chi connectivity index (χ4n) is 5.14. The largest absolute Gasteiger partial charge is 0.368 e. The fourth-order valence-corrected chi connectivity index (χ4v) is 5.14. The lowest BCUT2D eigenvalue weighted by molar-refractivity contribution is -0.133. The van der Waals surface area contributed by atoms with E-state index in [1.54, 1.807) is 0 Å². The average Bonchev–Trinajstić information content (AvgIpc) is 3.24. The number of fused-ring (bicyclic) bond motifs is 1. The van der Waals surface area contributed by atoms with Gasteiger partial charge >= 0.3 is 0 Å². The van der Waals surface area contributed by atoms with Crippen molar-refractivity contribution in [2.24, 2.45) is 0 Å². The Balaban J connectivity index is 1.06. The molecule has 2 aromatic rings. The Kier molecular flexibility index (Phi) is 6.22. The number of H-pyrrole nitrogens is 1. The van der Waals surface area contributed by atoms with E-state index >= 15 is 0 Å². The van der Waals surface area contributed by atoms with E-state index in [0.717, 1.165) is 65.3 Å². The zero-order valence-electron chi connectivity index (χ0n) is 18.4. The second-order valence-corrected chi connectivity index (χ2v) is 9.09. The molecule has 7 nitrogen and oxygen atoms in total. The van der Waals surface area contributed by atoms with Gasteiger partial charge in [-0.3, -0.25) is 19.7 Å². The molecule has 1 aromatic heterocycles. The number of benzene rings is 1. The number of amides is 1. The summed E-state index contributed by atoms with van der Waals surface area (Å²) in [4.78, 5) is 22.1. The molecule has 0 saturated carbocycles. The summed E-state index contributed by atoms with van der Waals surface area (Å²) in [5, 5.41) is 7.86. The molecule has 2 aliphatic heterocycles. The summed E-state index contributed by atoms with van der Waals surface area (Å²) in [5.41, 5.74) is 5.33. The van der Waals surface area contributed by atoms with Gasteiger partial charge in [-0.1, -0.05) is 18.2 Å². The summed E-state index contributed by atoms with van der Waals surface area (Å²) in [6, 6.07) is 10.5. The monoisotopic (exact) mass is 422 g/mol. The number of hydrogen-bond donors (Lipinski definition) is 1. The van der Waals surface area contributed by atoms with Gasteiger partial charge in [0.1, 0.15) is 0 Å². The summed E-state index contributed by atoms with van der Waals surface area (Å²) in [6.45, 7) is 8.90. The summed E-state index contributed by atoms with van der Waals surface area (Å²) in [7, 11) is 0. The van der Waals surface area contributed by atoms with E-state index in [2.05, 4.69) is 49.2 Å². The Labute approximate surface area is 185 Å². The van der Waals surface area contributed by atoms with Crippen molar-refractivity contribution in [1.29, 1.82) is 0 Å². The fraction of sp³-hybridized carbons (Fsp3) is 0.583. The first kappa shape index (κ1) is 20.5. The third-order valence-corrected chi connectivity index (χ3v) is 7.09. The number of para-hydroxylation sites is 1. The van der Waals surface area contributed by atoms with Gasteiger partial charge in [0.05, 0.1) is 12.2 Å². The van der Waals surface area contributed by atoms with Crippen LogP contribution in [0.5, 0.6) is 0 Å². The number of nitrogens with one attached hydrogen (secondary N) is 1. The number of nitrogens with zero attached hydrogens (tertiary/aromatic N) is 5. The van der Waals surface area contributed by atoms with Crippen LogP contribution in [0.15, 0.2) is 30.3 Å². The highest BCUT2D eigenvalue weighted by molar-refractivity contribution is 5.78. The predicted molar refractivity (Wildman–Crippen MR) is 122 cm³/mol. The quantitative estimate of drug-likeness (QED) is 0.796. The van der Waals surface area contributed by atoms with E-state index in [-0.39, 0.29) is 5.91 Å². The Morgan fingerprint density at radius 2 is 1.58 bits per heavy atom. The Bertz CT molecular complexity index is 865. The van der Waals surface area contributed by atoms with Gasteiger partial charge in [0.15, 0.2) is 0 Å². The maximum atomic E-state index is 12.8. The van der Waals surface area contributed by atoms with Crippen molar-refractivity contribution < 1.29 is 4.79 Å². The van der Waals surface area contributed by atoms with E-state index in [1.807, 2.05) is 11.0 Å². The van der Waals surface area contributed by atoms with Crippen LogP contribution in [0.1, 0.15) is 29.8 Å². The molecule has 2 saturated heterocycles. The lowest BCUT2D eigenvalue weighted by Crippen LogP contribution is -2.53. The SMILES string of the molecule is O=C(CN1CCN(Cc2n[nH]c3c2CCCC3)CC1)N1CCN(c2ccccc2)CC1. The Hall–Kier alpha value is -2.38. The Morgan fingerprint density at radius 3 is 2.35 bits per heavy atom. The molecule has 5 rings (SSSR count). The van der Waals surface area contributed by atoms with Crippen molar-refractivity contribution in [2.75, 3.05) is 63.8 Å². The van der Waals surface area contributed by atoms with Crippen LogP contribution >= 0.6 is 0 Å². The van der Waals surface area contributed by atoms with E-state index in [1.165, 1.54) is 41.9 Å². The normalized spacial score (nSPS) is 20.6. The van der Waals surface area contributed by atoms with Gasteiger partial charge < -0.3 is 9.80 Å². The topological polar surface area (TPSA) is 58.7 Å². The molecule has 1 amide bonds. The van der Waals surface area contributed by atoms with Crippen LogP contribution in [0.2, 0.25) is 0 Å². The van der Waals surface area contributed by atoms with Gasteiger partial charge in [-0.05, 0) is 43.4 Å². The van der Waals surface area contributed by atoms with Gasteiger partial charge in [0, 0.05) is 70.3 Å². The minimum atomic E-state index is 0.280. The third kappa shape index (κ3) is 4.77. The summed E-state index contributed by atoms with van der Waals surface area (Å²) in [6.07, 6.45) is 4.89. The average molecular weight is 423 g/mol. The predicted octanol–water partition coefficient (Wildman–Crippen LogP) is 1.75. The molecule has 1 aromatic carbocycles. The molecule has 3 aliphatic rings. The molecule has 31 heavy (non-hydrogen) atoms. The maximum Gasteiger partial charge on any atom is 0.236 e. The zero-order chi connectivity index (χ0) is 21.0. The van der Waals surface area contributed by atoms with Crippen molar-refractivity contribution in [3.8, 4) is 0 Å². The number of rotatable bonds is 5. The maximum absolute atomic E-state index is 12.8. The minimum absolute atomic E-state index is 0.280. The molecule has 0 unspecified atom stereocenters. The number of aromatic nitrogens is 2. The van der Waals surface area contributed by atoms with Crippen LogP contribution in [0, 0.1) is 0 Å². The smallest absolute Gasteiger partial charge is 0.236 e. The van der Waals surface area contributed by atoms with Crippen molar-refractivity contribution in [3.05, 3.63) is 47.3 Å². The van der Waals surface area contributed by atoms with E-state index in [0.29, 0.717) is 6.54 Å². The second-order valence-electron chi connectivity index (χ2n) is 9.09. The lowest BCUT2D eigenvalue weighted by atomic mass is 9.96. The molecule has 166 valence electrons. The van der Waals surface area contributed by atoms with Gasteiger partial charge in [-0.2, -0.15) is 5.10 Å². The first-order valence-corrected chi connectivity index (χ1v) is 11.8. The highest BCUT2D eigenvalue weighted by atomic mass is 16.2. The molecule has 7 heteroatoms. The van der Waals surface area contributed by atoms with Crippen molar-refractivity contribution in [1.82, 2.24) is 24.9 Å². The van der Waals surface area contributed by atoms with Gasteiger partial charge in [0.25, 0.3) is 0 Å². The highest BCUT2D eigenvalue weighted by Crippen LogP contribution is 2.23. The molecule has 3 heterocycles. The molecule has 1 aliphatic carbocycles. The van der Waals surface area contributed by atoms with Crippen molar-refractivity contribution in [3.63, 3.8) is 0 Å². The lowest BCUT2D eigenvalue weighted by Gasteiger charge is -2.38. The summed E-state index contributed by atoms with van der Waals surface area (Å²) >= 11 is 0. The minimum Gasteiger partial charge on any atom is -0.368 e. The van der Waals surface area contributed by atoms with Crippen molar-refractivity contribution in [2.45, 2.75) is 32.2 Å². The standard InChI is InChI=1S/C24H34N6O/c31-24(30-16-14-29(15-17-30)20-6-2-1-3-7-20)19-28-12-10-27(11-13-28)18-23-21-8-4-5-9-22(21)25-26-23/h1-3,6-7H,4-5,8-19H2,(H,25,26). The third-order valence-electron chi connectivity index (χ3n) is 7.09. The van der Waals surface area contributed by atoms with Crippen LogP contribution in [0.4, 0.5) is 5.69 Å². The molecule has 0 radical (unpaired) electrons. The van der Waals surface area contributed by atoms with E-state index < -0.39 is 0 Å². The summed E-state index contributed by atoms with van der Waals surface area (Å²) < 4.78 is 0. The van der Waals surface area contributed by atoms with Crippen LogP contribution in [0.25, 0.3) is 0 Å². The number of aromatic amines is 1. The molecule has 0 spiro atoms. The number of hydrogen-bond acceptors (Lipinski definition) is 5.